The predicted octanol–water partition coefficient (Wildman–Crippen LogP) is 6.30. The van der Waals surface area contributed by atoms with Gasteiger partial charge in [0.15, 0.2) is 0 Å². The summed E-state index contributed by atoms with van der Waals surface area (Å²) in [7, 11) is 0. The maximum absolute atomic E-state index is 13.1. The number of amides is 1. The molecule has 6 heteroatoms. The van der Waals surface area contributed by atoms with Crippen molar-refractivity contribution in [2.45, 2.75) is 13.8 Å². The summed E-state index contributed by atoms with van der Waals surface area (Å²) in [5, 5.41) is 12.8. The fourth-order valence-corrected chi connectivity index (χ4v) is 3.85. The van der Waals surface area contributed by atoms with E-state index in [4.69, 9.17) is 4.42 Å². The Morgan fingerprint density at radius 1 is 0.853 bits per heavy atom. The van der Waals surface area contributed by atoms with Gasteiger partial charge in [-0.25, -0.2) is 9.97 Å². The van der Waals surface area contributed by atoms with E-state index in [1.807, 2.05) is 74.5 Å². The Morgan fingerprint density at radius 2 is 1.47 bits per heavy atom. The van der Waals surface area contributed by atoms with Crippen LogP contribution in [-0.2, 0) is 0 Å². The first kappa shape index (κ1) is 21.1. The van der Waals surface area contributed by atoms with Gasteiger partial charge in [-0.15, -0.1) is 0 Å². The van der Waals surface area contributed by atoms with Crippen LogP contribution < -0.4 is 5.32 Å². The number of nitrogens with one attached hydrogen (secondary N) is 1. The lowest BCUT2D eigenvalue weighted by atomic mass is 9.98. The van der Waals surface area contributed by atoms with Crippen molar-refractivity contribution in [1.82, 2.24) is 9.97 Å². The quantitative estimate of drug-likeness (QED) is 0.351. The Labute approximate surface area is 196 Å². The number of benzene rings is 3. The van der Waals surface area contributed by atoms with E-state index in [9.17, 15) is 10.1 Å². The molecule has 0 aliphatic rings. The van der Waals surface area contributed by atoms with Crippen molar-refractivity contribution >= 4 is 22.8 Å². The number of hydrogen-bond acceptors (Lipinski definition) is 5. The molecule has 0 radical (unpaired) electrons. The maximum Gasteiger partial charge on any atom is 0.258 e. The lowest BCUT2D eigenvalue weighted by Crippen LogP contribution is -2.12. The van der Waals surface area contributed by atoms with Gasteiger partial charge in [0.05, 0.1) is 22.4 Å². The fourth-order valence-electron chi connectivity index (χ4n) is 3.85. The molecule has 2 aromatic heterocycles. The molecule has 0 bridgehead atoms. The number of carbonyl (C=O) groups excluding carboxylic acids is 1. The minimum absolute atomic E-state index is 0.108. The second-order valence-corrected chi connectivity index (χ2v) is 7.91. The van der Waals surface area contributed by atoms with Crippen molar-refractivity contribution in [3.8, 4) is 28.5 Å². The molecule has 0 unspecified atom stereocenters. The topological polar surface area (TPSA) is 91.8 Å². The van der Waals surface area contributed by atoms with Crippen molar-refractivity contribution in [3.05, 3.63) is 101 Å². The van der Waals surface area contributed by atoms with Crippen molar-refractivity contribution in [3.63, 3.8) is 0 Å². The summed E-state index contributed by atoms with van der Waals surface area (Å²) in [5.74, 6) is 0.233. The SMILES string of the molecule is Cc1nc2ccc(C(=O)Nc3oc(-c4ccccc4)c(-c4ccccc4)c3C#N)cc2nc1C. The number of nitrogens with zero attached hydrogens (tertiary/aromatic N) is 3. The number of rotatable bonds is 4. The first-order valence-corrected chi connectivity index (χ1v) is 10.8. The van der Waals surface area contributed by atoms with Gasteiger partial charge in [-0.05, 0) is 37.6 Å². The monoisotopic (exact) mass is 444 g/mol. The predicted molar refractivity (Wildman–Crippen MR) is 131 cm³/mol. The van der Waals surface area contributed by atoms with Gasteiger partial charge in [0.25, 0.3) is 5.91 Å². The van der Waals surface area contributed by atoms with Crippen LogP contribution in [0, 0.1) is 25.2 Å². The number of fused-ring (bicyclic) bond motifs is 1. The molecule has 3 aromatic carbocycles. The summed E-state index contributed by atoms with van der Waals surface area (Å²) in [6, 6.07) is 26.4. The highest BCUT2D eigenvalue weighted by atomic mass is 16.4. The molecule has 0 fully saturated rings. The Hall–Kier alpha value is -4.76. The summed E-state index contributed by atoms with van der Waals surface area (Å²) in [6.07, 6.45) is 0. The van der Waals surface area contributed by atoms with Gasteiger partial charge >= 0.3 is 0 Å². The number of nitriles is 1. The molecule has 0 saturated carbocycles. The minimum atomic E-state index is -0.397. The molecule has 1 N–H and O–H groups in total. The Kier molecular flexibility index (Phi) is 5.36. The van der Waals surface area contributed by atoms with Gasteiger partial charge in [0.2, 0.25) is 5.88 Å². The molecule has 5 rings (SSSR count). The van der Waals surface area contributed by atoms with Gasteiger partial charge < -0.3 is 4.42 Å². The van der Waals surface area contributed by atoms with Crippen molar-refractivity contribution in [2.24, 2.45) is 0 Å². The van der Waals surface area contributed by atoms with Gasteiger partial charge in [-0.1, -0.05) is 60.7 Å². The lowest BCUT2D eigenvalue weighted by Gasteiger charge is -2.06. The molecule has 6 nitrogen and oxygen atoms in total. The largest absolute Gasteiger partial charge is 0.438 e. The lowest BCUT2D eigenvalue weighted by molar-refractivity contribution is 0.102. The Balaban J connectivity index is 1.59. The average Bonchev–Trinajstić information content (AvgIpc) is 3.23. The first-order valence-electron chi connectivity index (χ1n) is 10.8. The van der Waals surface area contributed by atoms with Crippen LogP contribution in [0.1, 0.15) is 27.3 Å². The number of aryl methyl sites for hydroxylation is 2. The van der Waals surface area contributed by atoms with Gasteiger partial charge in [-0.3, -0.25) is 10.1 Å². The van der Waals surface area contributed by atoms with Crippen LogP contribution in [0.2, 0.25) is 0 Å². The van der Waals surface area contributed by atoms with Crippen LogP contribution in [0.4, 0.5) is 5.88 Å². The molecule has 164 valence electrons. The molecule has 0 atom stereocenters. The van der Waals surface area contributed by atoms with Crippen LogP contribution in [0.25, 0.3) is 33.5 Å². The maximum atomic E-state index is 13.1. The number of aromatic nitrogens is 2. The Bertz CT molecular complexity index is 1570. The van der Waals surface area contributed by atoms with Crippen molar-refractivity contribution in [1.29, 1.82) is 5.26 Å². The van der Waals surface area contributed by atoms with E-state index in [-0.39, 0.29) is 11.4 Å². The van der Waals surface area contributed by atoms with Crippen LogP contribution in [0.5, 0.6) is 0 Å². The van der Waals surface area contributed by atoms with E-state index in [1.54, 1.807) is 18.2 Å². The molecular weight excluding hydrogens is 424 g/mol. The number of hydrogen-bond donors (Lipinski definition) is 1. The molecule has 0 aliphatic heterocycles. The normalized spacial score (nSPS) is 10.7. The third-order valence-corrected chi connectivity index (χ3v) is 5.68. The van der Waals surface area contributed by atoms with E-state index in [2.05, 4.69) is 21.4 Å². The zero-order chi connectivity index (χ0) is 23.7. The summed E-state index contributed by atoms with van der Waals surface area (Å²) in [5.41, 5.74) is 5.94. The highest BCUT2D eigenvalue weighted by molar-refractivity contribution is 6.06. The fraction of sp³-hybridized carbons (Fsp3) is 0.0714. The summed E-state index contributed by atoms with van der Waals surface area (Å²) >= 11 is 0. The third-order valence-electron chi connectivity index (χ3n) is 5.68. The van der Waals surface area contributed by atoms with Gasteiger partial charge in [-0.2, -0.15) is 5.26 Å². The van der Waals surface area contributed by atoms with E-state index in [0.29, 0.717) is 27.9 Å². The molecule has 1 amide bonds. The zero-order valence-electron chi connectivity index (χ0n) is 18.7. The second-order valence-electron chi connectivity index (χ2n) is 7.91. The van der Waals surface area contributed by atoms with Crippen LogP contribution in [0.15, 0.2) is 83.3 Å². The van der Waals surface area contributed by atoms with Crippen LogP contribution in [-0.4, -0.2) is 15.9 Å². The Morgan fingerprint density at radius 3 is 2.12 bits per heavy atom. The minimum Gasteiger partial charge on any atom is -0.438 e. The summed E-state index contributed by atoms with van der Waals surface area (Å²) in [6.45, 7) is 3.78. The molecule has 0 spiro atoms. The highest BCUT2D eigenvalue weighted by Gasteiger charge is 2.24. The molecular formula is C28H20N4O2. The van der Waals surface area contributed by atoms with E-state index in [0.717, 1.165) is 22.5 Å². The van der Waals surface area contributed by atoms with E-state index in [1.165, 1.54) is 0 Å². The molecule has 5 aromatic rings. The molecule has 0 saturated heterocycles. The van der Waals surface area contributed by atoms with Gasteiger partial charge in [0, 0.05) is 16.7 Å². The summed E-state index contributed by atoms with van der Waals surface area (Å²) in [4.78, 5) is 22.2. The summed E-state index contributed by atoms with van der Waals surface area (Å²) < 4.78 is 6.11. The van der Waals surface area contributed by atoms with Crippen LogP contribution >= 0.6 is 0 Å². The highest BCUT2D eigenvalue weighted by Crippen LogP contribution is 2.41. The molecule has 0 aliphatic carbocycles. The smallest absolute Gasteiger partial charge is 0.258 e. The standard InChI is InChI=1S/C28H20N4O2/c1-17-18(2)31-24-15-21(13-14-23(24)30-17)27(33)32-28-22(16-29)25(19-9-5-3-6-10-19)26(34-28)20-11-7-4-8-12-20/h3-15H,1-2H3,(H,32,33). The number of anilines is 1. The molecule has 2 heterocycles. The second kappa shape index (κ2) is 8.64. The molecule has 34 heavy (non-hydrogen) atoms. The number of furan rings is 1. The first-order chi connectivity index (χ1) is 16.5. The van der Waals surface area contributed by atoms with Gasteiger partial charge in [0.1, 0.15) is 17.4 Å². The van der Waals surface area contributed by atoms with Crippen LogP contribution in [0.3, 0.4) is 0 Å². The number of carbonyl (C=O) groups is 1. The average molecular weight is 444 g/mol. The van der Waals surface area contributed by atoms with Crippen molar-refractivity contribution < 1.29 is 9.21 Å². The van der Waals surface area contributed by atoms with E-state index < -0.39 is 5.91 Å². The zero-order valence-corrected chi connectivity index (χ0v) is 18.7. The third kappa shape index (κ3) is 3.80. The van der Waals surface area contributed by atoms with Crippen molar-refractivity contribution in [2.75, 3.05) is 5.32 Å². The van der Waals surface area contributed by atoms with E-state index >= 15 is 0 Å².